The van der Waals surface area contributed by atoms with E-state index >= 15 is 0 Å². The molecule has 94 valence electrons. The number of hydrogen-bond acceptors (Lipinski definition) is 2. The molecule has 5 unspecified atom stereocenters. The molecule has 16 heavy (non-hydrogen) atoms. The summed E-state index contributed by atoms with van der Waals surface area (Å²) in [5, 5.41) is 10.3. The largest absolute Gasteiger partial charge is 0.393 e. The smallest absolute Gasteiger partial charge is 0.0600 e. The van der Waals surface area contributed by atoms with Gasteiger partial charge in [-0.2, -0.15) is 0 Å². The van der Waals surface area contributed by atoms with Crippen LogP contribution in [0.2, 0.25) is 0 Å². The molecule has 2 rings (SSSR count). The molecule has 1 aliphatic carbocycles. The van der Waals surface area contributed by atoms with Crippen molar-refractivity contribution in [2.45, 2.75) is 64.6 Å². The van der Waals surface area contributed by atoms with Crippen LogP contribution in [-0.2, 0) is 4.74 Å². The third kappa shape index (κ3) is 2.98. The average molecular weight is 226 g/mol. The first kappa shape index (κ1) is 12.4. The third-order valence-electron chi connectivity index (χ3n) is 4.71. The normalized spacial score (nSPS) is 42.2. The second-order valence-corrected chi connectivity index (χ2v) is 5.97. The van der Waals surface area contributed by atoms with Gasteiger partial charge < -0.3 is 9.84 Å². The van der Waals surface area contributed by atoms with Gasteiger partial charge in [0.25, 0.3) is 0 Å². The highest BCUT2D eigenvalue weighted by molar-refractivity contribution is 4.82. The number of rotatable bonds is 3. The average Bonchev–Trinajstić information content (AvgIpc) is 2.74. The predicted octanol–water partition coefficient (Wildman–Crippen LogP) is 2.99. The third-order valence-corrected chi connectivity index (χ3v) is 4.71. The highest BCUT2D eigenvalue weighted by atomic mass is 16.5. The van der Waals surface area contributed by atoms with Crippen molar-refractivity contribution >= 4 is 0 Å². The second kappa shape index (κ2) is 5.50. The molecule has 0 amide bonds. The van der Waals surface area contributed by atoms with Gasteiger partial charge in [-0.15, -0.1) is 0 Å². The molecule has 0 aromatic rings. The Kier molecular flexibility index (Phi) is 4.26. The molecule has 0 spiro atoms. The van der Waals surface area contributed by atoms with Crippen molar-refractivity contribution in [1.82, 2.24) is 0 Å². The van der Waals surface area contributed by atoms with Gasteiger partial charge in [-0.05, 0) is 49.9 Å². The van der Waals surface area contributed by atoms with E-state index in [1.807, 2.05) is 0 Å². The Balaban J connectivity index is 1.78. The van der Waals surface area contributed by atoms with E-state index in [1.54, 1.807) is 0 Å². The summed E-state index contributed by atoms with van der Waals surface area (Å²) >= 11 is 0. The van der Waals surface area contributed by atoms with Crippen LogP contribution < -0.4 is 0 Å². The molecular weight excluding hydrogens is 200 g/mol. The lowest BCUT2D eigenvalue weighted by molar-refractivity contribution is 0.00563. The quantitative estimate of drug-likeness (QED) is 0.801. The van der Waals surface area contributed by atoms with Crippen LogP contribution in [0.25, 0.3) is 0 Å². The molecule has 1 N–H and O–H groups in total. The fourth-order valence-corrected chi connectivity index (χ4v) is 3.23. The summed E-state index contributed by atoms with van der Waals surface area (Å²) in [4.78, 5) is 0. The van der Waals surface area contributed by atoms with Crippen LogP contribution in [0.5, 0.6) is 0 Å². The molecule has 2 aliphatic rings. The number of hydrogen-bond donors (Lipinski definition) is 1. The van der Waals surface area contributed by atoms with Crippen LogP contribution in [0.3, 0.4) is 0 Å². The zero-order chi connectivity index (χ0) is 11.5. The number of aliphatic hydroxyl groups excluding tert-OH is 1. The van der Waals surface area contributed by atoms with Gasteiger partial charge in [0.15, 0.2) is 0 Å². The molecule has 1 aliphatic heterocycles. The van der Waals surface area contributed by atoms with Gasteiger partial charge in [-0.3, -0.25) is 0 Å². The van der Waals surface area contributed by atoms with Crippen molar-refractivity contribution in [3.63, 3.8) is 0 Å². The van der Waals surface area contributed by atoms with Crippen LogP contribution in [0.1, 0.15) is 52.4 Å². The molecule has 2 fully saturated rings. The summed E-state index contributed by atoms with van der Waals surface area (Å²) < 4.78 is 5.60. The number of ether oxygens (including phenoxy) is 1. The first-order valence-electron chi connectivity index (χ1n) is 6.96. The van der Waals surface area contributed by atoms with E-state index < -0.39 is 0 Å². The lowest BCUT2D eigenvalue weighted by Gasteiger charge is -2.35. The van der Waals surface area contributed by atoms with Crippen molar-refractivity contribution in [1.29, 1.82) is 0 Å². The summed E-state index contributed by atoms with van der Waals surface area (Å²) in [5.74, 6) is 2.14. The monoisotopic (exact) mass is 226 g/mol. The maximum atomic E-state index is 10.3. The highest BCUT2D eigenvalue weighted by Gasteiger charge is 2.31. The maximum Gasteiger partial charge on any atom is 0.0600 e. The molecule has 1 saturated carbocycles. The number of aliphatic hydroxyl groups is 1. The van der Waals surface area contributed by atoms with E-state index in [-0.39, 0.29) is 6.10 Å². The van der Waals surface area contributed by atoms with Crippen LogP contribution in [0.15, 0.2) is 0 Å². The zero-order valence-corrected chi connectivity index (χ0v) is 10.7. The second-order valence-electron chi connectivity index (χ2n) is 5.97. The molecule has 1 saturated heterocycles. The van der Waals surface area contributed by atoms with E-state index in [0.717, 1.165) is 31.3 Å². The summed E-state index contributed by atoms with van der Waals surface area (Å²) in [5.41, 5.74) is 0. The Morgan fingerprint density at radius 2 is 2.00 bits per heavy atom. The van der Waals surface area contributed by atoms with Crippen molar-refractivity contribution in [3.05, 3.63) is 0 Å². The molecule has 2 nitrogen and oxygen atoms in total. The van der Waals surface area contributed by atoms with Crippen LogP contribution in [-0.4, -0.2) is 23.9 Å². The van der Waals surface area contributed by atoms with Gasteiger partial charge in [-0.1, -0.05) is 20.3 Å². The van der Waals surface area contributed by atoms with Gasteiger partial charge in [0, 0.05) is 6.61 Å². The summed E-state index contributed by atoms with van der Waals surface area (Å²) in [6.45, 7) is 5.57. The molecule has 0 radical (unpaired) electrons. The predicted molar refractivity (Wildman–Crippen MR) is 65.3 cm³/mol. The molecule has 1 heterocycles. The van der Waals surface area contributed by atoms with E-state index in [9.17, 15) is 5.11 Å². The lowest BCUT2D eigenvalue weighted by Crippen LogP contribution is -2.31. The van der Waals surface area contributed by atoms with Crippen molar-refractivity contribution in [2.24, 2.45) is 17.8 Å². The Bertz CT molecular complexity index is 211. The lowest BCUT2D eigenvalue weighted by atomic mass is 9.73. The molecule has 2 heteroatoms. The van der Waals surface area contributed by atoms with E-state index in [4.69, 9.17) is 4.74 Å². The Labute approximate surface area is 99.4 Å². The molecule has 5 atom stereocenters. The van der Waals surface area contributed by atoms with Gasteiger partial charge in [-0.25, -0.2) is 0 Å². The molecule has 0 aromatic carbocycles. The Morgan fingerprint density at radius 3 is 2.62 bits per heavy atom. The Hall–Kier alpha value is -0.0800. The van der Waals surface area contributed by atoms with E-state index in [0.29, 0.717) is 12.0 Å². The summed E-state index contributed by atoms with van der Waals surface area (Å²) in [6.07, 6.45) is 7.10. The Morgan fingerprint density at radius 1 is 1.19 bits per heavy atom. The standard InChI is InChI=1S/C14H26O2/c1-10-5-6-12(8-11(10)2)14(15)9-13-4-3-7-16-13/h10-15H,3-9H2,1-2H3. The summed E-state index contributed by atoms with van der Waals surface area (Å²) in [6, 6.07) is 0. The fourth-order valence-electron chi connectivity index (χ4n) is 3.23. The molecule has 0 aromatic heterocycles. The molecule has 0 bridgehead atoms. The highest BCUT2D eigenvalue weighted by Crippen LogP contribution is 2.36. The first-order valence-corrected chi connectivity index (χ1v) is 6.96. The minimum absolute atomic E-state index is 0.127. The topological polar surface area (TPSA) is 29.5 Å². The van der Waals surface area contributed by atoms with Crippen molar-refractivity contribution < 1.29 is 9.84 Å². The van der Waals surface area contributed by atoms with Crippen LogP contribution in [0.4, 0.5) is 0 Å². The van der Waals surface area contributed by atoms with E-state index in [1.165, 1.54) is 25.7 Å². The summed E-state index contributed by atoms with van der Waals surface area (Å²) in [7, 11) is 0. The maximum absolute atomic E-state index is 10.3. The minimum Gasteiger partial charge on any atom is -0.393 e. The van der Waals surface area contributed by atoms with Gasteiger partial charge in [0.2, 0.25) is 0 Å². The van der Waals surface area contributed by atoms with Crippen molar-refractivity contribution in [3.8, 4) is 0 Å². The van der Waals surface area contributed by atoms with Crippen LogP contribution in [0, 0.1) is 17.8 Å². The molecular formula is C14H26O2. The van der Waals surface area contributed by atoms with E-state index in [2.05, 4.69) is 13.8 Å². The minimum atomic E-state index is -0.127. The van der Waals surface area contributed by atoms with Gasteiger partial charge >= 0.3 is 0 Å². The van der Waals surface area contributed by atoms with Crippen molar-refractivity contribution in [2.75, 3.05) is 6.61 Å². The van der Waals surface area contributed by atoms with Gasteiger partial charge in [0.1, 0.15) is 0 Å². The van der Waals surface area contributed by atoms with Crippen LogP contribution >= 0.6 is 0 Å². The SMILES string of the molecule is CC1CCC(C(O)CC2CCCO2)CC1C. The zero-order valence-electron chi connectivity index (χ0n) is 10.7. The fraction of sp³-hybridized carbons (Fsp3) is 1.00. The van der Waals surface area contributed by atoms with Gasteiger partial charge in [0.05, 0.1) is 12.2 Å². The first-order chi connectivity index (χ1) is 7.66.